The summed E-state index contributed by atoms with van der Waals surface area (Å²) in [5.41, 5.74) is -1.24. The molecule has 0 bridgehead atoms. The van der Waals surface area contributed by atoms with Gasteiger partial charge in [-0.15, -0.1) is 0 Å². The third-order valence-corrected chi connectivity index (χ3v) is 3.29. The number of aromatic nitrogens is 3. The smallest absolute Gasteiger partial charge is 0.334 e. The zero-order chi connectivity index (χ0) is 18.1. The Bertz CT molecular complexity index is 741. The van der Waals surface area contributed by atoms with Crippen molar-refractivity contribution < 1.29 is 26.7 Å². The second-order valence-corrected chi connectivity index (χ2v) is 5.02. The molecule has 0 unspecified atom stereocenters. The summed E-state index contributed by atoms with van der Waals surface area (Å²) in [5, 5.41) is 0. The van der Waals surface area contributed by atoms with Crippen molar-refractivity contribution in [3.63, 3.8) is 0 Å². The topological polar surface area (TPSA) is 51.0 Å². The van der Waals surface area contributed by atoms with Gasteiger partial charge in [-0.05, 0) is 19.1 Å². The van der Waals surface area contributed by atoms with E-state index in [1.165, 1.54) is 20.2 Å². The Hall–Kier alpha value is -2.52. The summed E-state index contributed by atoms with van der Waals surface area (Å²) in [6, 6.07) is 1.72. The van der Waals surface area contributed by atoms with Crippen LogP contribution in [-0.2, 0) is 12.7 Å². The van der Waals surface area contributed by atoms with Crippen molar-refractivity contribution in [3.8, 4) is 0 Å². The highest BCUT2D eigenvalue weighted by molar-refractivity contribution is 5.95. The first kappa shape index (κ1) is 17.8. The Kier molecular flexibility index (Phi) is 4.86. The highest BCUT2D eigenvalue weighted by atomic mass is 19.4. The molecular formula is C14H13F5N4O. The fourth-order valence-corrected chi connectivity index (χ4v) is 2.08. The molecule has 0 radical (unpaired) electrons. The molecule has 0 aromatic carbocycles. The fourth-order valence-electron chi connectivity index (χ4n) is 2.08. The number of halogens is 5. The monoisotopic (exact) mass is 348 g/mol. The first-order valence-corrected chi connectivity index (χ1v) is 6.71. The minimum Gasteiger partial charge on any atom is -0.334 e. The summed E-state index contributed by atoms with van der Waals surface area (Å²) < 4.78 is 63.9. The molecule has 0 saturated heterocycles. The Labute approximate surface area is 133 Å². The minimum atomic E-state index is -4.61. The first-order chi connectivity index (χ1) is 11.1. The number of alkyl halides is 5. The summed E-state index contributed by atoms with van der Waals surface area (Å²) in [6.07, 6.45) is -2.37. The van der Waals surface area contributed by atoms with Gasteiger partial charge in [0.25, 0.3) is 5.91 Å². The summed E-state index contributed by atoms with van der Waals surface area (Å²) in [6.45, 7) is -1.76. The van der Waals surface area contributed by atoms with Crippen LogP contribution in [-0.4, -0.2) is 32.4 Å². The van der Waals surface area contributed by atoms with E-state index in [2.05, 4.69) is 9.97 Å². The first-order valence-electron chi connectivity index (χ1n) is 6.71. The third kappa shape index (κ3) is 3.69. The molecule has 130 valence electrons. The normalized spacial score (nSPS) is 11.8. The van der Waals surface area contributed by atoms with Gasteiger partial charge in [0, 0.05) is 19.4 Å². The third-order valence-electron chi connectivity index (χ3n) is 3.29. The van der Waals surface area contributed by atoms with Crippen molar-refractivity contribution in [2.45, 2.75) is 26.2 Å². The van der Waals surface area contributed by atoms with Gasteiger partial charge in [0.15, 0.2) is 0 Å². The average Bonchev–Trinajstić information content (AvgIpc) is 2.93. The SMILES string of the molecule is Cc1nc(C(F)(F)F)ccc1C(=O)N(C)Cc1nccn1C(F)F. The molecule has 2 aromatic heterocycles. The van der Waals surface area contributed by atoms with Gasteiger partial charge >= 0.3 is 12.7 Å². The largest absolute Gasteiger partial charge is 0.433 e. The van der Waals surface area contributed by atoms with Crippen LogP contribution in [0.25, 0.3) is 0 Å². The maximum atomic E-state index is 12.8. The van der Waals surface area contributed by atoms with Crippen LogP contribution in [0.3, 0.4) is 0 Å². The molecule has 0 spiro atoms. The van der Waals surface area contributed by atoms with E-state index in [1.807, 2.05) is 0 Å². The number of carbonyl (C=O) groups excluding carboxylic acids is 1. The number of rotatable bonds is 4. The Balaban J connectivity index is 2.20. The van der Waals surface area contributed by atoms with Crippen molar-refractivity contribution in [2.75, 3.05) is 7.05 Å². The maximum Gasteiger partial charge on any atom is 0.433 e. The van der Waals surface area contributed by atoms with Gasteiger partial charge in [0.2, 0.25) is 0 Å². The highest BCUT2D eigenvalue weighted by Gasteiger charge is 2.33. The van der Waals surface area contributed by atoms with Crippen molar-refractivity contribution >= 4 is 5.91 Å². The standard InChI is InChI=1S/C14H13F5N4O/c1-8-9(3-4-10(21-8)14(17,18)19)12(24)22(2)7-11-20-5-6-23(11)13(15)16/h3-6,13H,7H2,1-2H3. The zero-order valence-electron chi connectivity index (χ0n) is 12.7. The molecule has 5 nitrogen and oxygen atoms in total. The van der Waals surface area contributed by atoms with E-state index in [-0.39, 0.29) is 23.6 Å². The molecule has 2 heterocycles. The van der Waals surface area contributed by atoms with Crippen LogP contribution in [0.15, 0.2) is 24.5 Å². The molecule has 0 fully saturated rings. The Morgan fingerprint density at radius 2 is 2.00 bits per heavy atom. The van der Waals surface area contributed by atoms with E-state index >= 15 is 0 Å². The number of hydrogen-bond donors (Lipinski definition) is 0. The van der Waals surface area contributed by atoms with Crippen molar-refractivity contribution in [2.24, 2.45) is 0 Å². The van der Waals surface area contributed by atoms with E-state index < -0.39 is 24.3 Å². The molecule has 0 saturated carbocycles. The molecule has 10 heteroatoms. The molecular weight excluding hydrogens is 335 g/mol. The molecule has 0 atom stereocenters. The number of nitrogens with zero attached hydrogens (tertiary/aromatic N) is 4. The Morgan fingerprint density at radius 3 is 2.54 bits per heavy atom. The summed E-state index contributed by atoms with van der Waals surface area (Å²) in [4.78, 5) is 20.5. The van der Waals surface area contributed by atoms with Crippen LogP contribution < -0.4 is 0 Å². The van der Waals surface area contributed by atoms with Crippen molar-refractivity contribution in [1.82, 2.24) is 19.4 Å². The minimum absolute atomic E-state index is 0.0411. The fraction of sp³-hybridized carbons (Fsp3) is 0.357. The lowest BCUT2D eigenvalue weighted by Crippen LogP contribution is -2.29. The number of pyridine rings is 1. The van der Waals surface area contributed by atoms with Crippen molar-refractivity contribution in [1.29, 1.82) is 0 Å². The van der Waals surface area contributed by atoms with Crippen LogP contribution in [0.4, 0.5) is 22.0 Å². The lowest BCUT2D eigenvalue weighted by molar-refractivity contribution is -0.141. The van der Waals surface area contributed by atoms with Crippen LogP contribution in [0.2, 0.25) is 0 Å². The number of imidazole rings is 1. The number of amides is 1. The van der Waals surface area contributed by atoms with E-state index in [4.69, 9.17) is 0 Å². The Morgan fingerprint density at radius 1 is 1.33 bits per heavy atom. The van der Waals surface area contributed by atoms with Crippen LogP contribution in [0, 0.1) is 6.92 Å². The van der Waals surface area contributed by atoms with Crippen molar-refractivity contribution in [3.05, 3.63) is 47.3 Å². The number of hydrogen-bond acceptors (Lipinski definition) is 3. The summed E-state index contributed by atoms with van der Waals surface area (Å²) in [7, 11) is 1.34. The van der Waals surface area contributed by atoms with Gasteiger partial charge < -0.3 is 4.90 Å². The van der Waals surface area contributed by atoms with E-state index in [0.717, 1.165) is 17.2 Å². The molecule has 0 aliphatic carbocycles. The van der Waals surface area contributed by atoms with Gasteiger partial charge in [-0.1, -0.05) is 0 Å². The van der Waals surface area contributed by atoms with Gasteiger partial charge in [-0.2, -0.15) is 22.0 Å². The van der Waals surface area contributed by atoms with Gasteiger partial charge in [-0.3, -0.25) is 9.36 Å². The van der Waals surface area contributed by atoms with E-state index in [1.54, 1.807) is 0 Å². The zero-order valence-corrected chi connectivity index (χ0v) is 12.7. The quantitative estimate of drug-likeness (QED) is 0.797. The number of aryl methyl sites for hydroxylation is 1. The van der Waals surface area contributed by atoms with Gasteiger partial charge in [-0.25, -0.2) is 9.97 Å². The van der Waals surface area contributed by atoms with Crippen LogP contribution in [0.5, 0.6) is 0 Å². The molecule has 0 aliphatic rings. The lowest BCUT2D eigenvalue weighted by Gasteiger charge is -2.19. The summed E-state index contributed by atoms with van der Waals surface area (Å²) >= 11 is 0. The molecule has 24 heavy (non-hydrogen) atoms. The predicted octanol–water partition coefficient (Wildman–Crippen LogP) is 3.27. The van der Waals surface area contributed by atoms with Gasteiger partial charge in [0.05, 0.1) is 17.8 Å². The van der Waals surface area contributed by atoms with E-state index in [9.17, 15) is 26.7 Å². The molecule has 2 rings (SSSR count). The highest BCUT2D eigenvalue weighted by Crippen LogP contribution is 2.28. The van der Waals surface area contributed by atoms with Crippen LogP contribution in [0.1, 0.15) is 34.1 Å². The predicted molar refractivity (Wildman–Crippen MR) is 73.3 cm³/mol. The van der Waals surface area contributed by atoms with Crippen LogP contribution >= 0.6 is 0 Å². The second-order valence-electron chi connectivity index (χ2n) is 5.02. The van der Waals surface area contributed by atoms with E-state index in [0.29, 0.717) is 10.6 Å². The second kappa shape index (κ2) is 6.54. The number of carbonyl (C=O) groups is 1. The molecule has 0 N–H and O–H groups in total. The maximum absolute atomic E-state index is 12.8. The average molecular weight is 348 g/mol. The van der Waals surface area contributed by atoms with Gasteiger partial charge in [0.1, 0.15) is 11.5 Å². The molecule has 1 amide bonds. The summed E-state index contributed by atoms with van der Waals surface area (Å²) in [5.74, 6) is -0.684. The lowest BCUT2D eigenvalue weighted by atomic mass is 10.1. The molecule has 2 aromatic rings. The molecule has 0 aliphatic heterocycles.